The average molecular weight is 342 g/mol. The summed E-state index contributed by atoms with van der Waals surface area (Å²) in [5.74, 6) is 0.0406. The molecule has 1 fully saturated rings. The monoisotopic (exact) mass is 342 g/mol. The Labute approximate surface area is 136 Å². The first kappa shape index (κ1) is 16.5. The van der Waals surface area contributed by atoms with Gasteiger partial charge in [-0.25, -0.2) is 0 Å². The Morgan fingerprint density at radius 1 is 1.42 bits per heavy atom. The van der Waals surface area contributed by atoms with Gasteiger partial charge in [0.05, 0.1) is 5.69 Å². The van der Waals surface area contributed by atoms with Gasteiger partial charge in [0.15, 0.2) is 5.69 Å². The number of hydrogen-bond donors (Lipinski definition) is 1. The van der Waals surface area contributed by atoms with Gasteiger partial charge >= 0.3 is 6.18 Å². The molecule has 3 rings (SSSR count). The summed E-state index contributed by atoms with van der Waals surface area (Å²) in [6.07, 6.45) is -3.07. The van der Waals surface area contributed by atoms with Crippen LogP contribution in [0, 0.1) is 13.8 Å². The van der Waals surface area contributed by atoms with E-state index in [1.54, 1.807) is 18.7 Å². The second-order valence-corrected chi connectivity index (χ2v) is 6.00. The molecule has 6 nitrogen and oxygen atoms in total. The van der Waals surface area contributed by atoms with Gasteiger partial charge in [-0.1, -0.05) is 5.16 Å². The summed E-state index contributed by atoms with van der Waals surface area (Å²) in [5.41, 5.74) is 0.405. The minimum Gasteiger partial charge on any atom is -0.361 e. The lowest BCUT2D eigenvalue weighted by Crippen LogP contribution is -2.39. The summed E-state index contributed by atoms with van der Waals surface area (Å²) < 4.78 is 43.1. The van der Waals surface area contributed by atoms with Gasteiger partial charge in [0.2, 0.25) is 0 Å². The van der Waals surface area contributed by atoms with Crippen LogP contribution >= 0.6 is 0 Å². The number of hydrogen-bond acceptors (Lipinski definition) is 4. The van der Waals surface area contributed by atoms with Crippen molar-refractivity contribution < 1.29 is 22.5 Å². The van der Waals surface area contributed by atoms with Crippen LogP contribution in [-0.2, 0) is 6.18 Å². The number of carbonyl (C=O) groups excluding carboxylic acids is 1. The minimum absolute atomic E-state index is 0.202. The highest BCUT2D eigenvalue weighted by molar-refractivity contribution is 5.96. The van der Waals surface area contributed by atoms with Gasteiger partial charge < -0.3 is 9.42 Å². The van der Waals surface area contributed by atoms with E-state index in [0.717, 1.165) is 6.07 Å². The minimum atomic E-state index is -4.48. The van der Waals surface area contributed by atoms with Gasteiger partial charge in [-0.3, -0.25) is 9.89 Å². The van der Waals surface area contributed by atoms with Crippen molar-refractivity contribution in [2.45, 2.75) is 38.8 Å². The molecule has 3 heterocycles. The molecular weight excluding hydrogens is 325 g/mol. The molecule has 1 saturated heterocycles. The Morgan fingerprint density at radius 3 is 2.75 bits per heavy atom. The van der Waals surface area contributed by atoms with Crippen LogP contribution in [0.25, 0.3) is 0 Å². The zero-order valence-corrected chi connectivity index (χ0v) is 13.3. The number of carbonyl (C=O) groups is 1. The zero-order chi connectivity index (χ0) is 17.5. The first-order valence-corrected chi connectivity index (χ1v) is 7.62. The summed E-state index contributed by atoms with van der Waals surface area (Å²) in [4.78, 5) is 14.3. The lowest BCUT2D eigenvalue weighted by molar-refractivity contribution is -0.141. The number of nitrogens with zero attached hydrogens (tertiary/aromatic N) is 3. The van der Waals surface area contributed by atoms with Crippen molar-refractivity contribution in [2.75, 3.05) is 13.1 Å². The zero-order valence-electron chi connectivity index (χ0n) is 13.3. The molecule has 24 heavy (non-hydrogen) atoms. The van der Waals surface area contributed by atoms with Crippen LogP contribution in [0.5, 0.6) is 0 Å². The third-order valence-corrected chi connectivity index (χ3v) is 4.28. The predicted molar refractivity (Wildman–Crippen MR) is 77.4 cm³/mol. The first-order chi connectivity index (χ1) is 11.3. The summed E-state index contributed by atoms with van der Waals surface area (Å²) in [6, 6.07) is 1.02. The lowest BCUT2D eigenvalue weighted by atomic mass is 9.94. The Kier molecular flexibility index (Phi) is 4.10. The van der Waals surface area contributed by atoms with Crippen molar-refractivity contribution >= 4 is 5.91 Å². The van der Waals surface area contributed by atoms with E-state index in [4.69, 9.17) is 4.52 Å². The average Bonchev–Trinajstić information content (AvgIpc) is 3.14. The molecule has 1 atom stereocenters. The molecule has 1 aliphatic heterocycles. The number of halogens is 3. The molecule has 0 aliphatic carbocycles. The number of H-pyrrole nitrogens is 1. The first-order valence-electron chi connectivity index (χ1n) is 7.62. The number of likely N-dealkylation sites (tertiary alicyclic amines) is 1. The second-order valence-electron chi connectivity index (χ2n) is 6.00. The van der Waals surface area contributed by atoms with Crippen LogP contribution < -0.4 is 0 Å². The molecule has 0 radical (unpaired) electrons. The summed E-state index contributed by atoms with van der Waals surface area (Å²) in [7, 11) is 0. The van der Waals surface area contributed by atoms with E-state index in [-0.39, 0.29) is 11.8 Å². The summed E-state index contributed by atoms with van der Waals surface area (Å²) >= 11 is 0. The molecule has 1 aliphatic rings. The molecule has 0 aromatic carbocycles. The normalized spacial score (nSPS) is 18.9. The highest BCUT2D eigenvalue weighted by atomic mass is 19.4. The molecule has 0 spiro atoms. The van der Waals surface area contributed by atoms with Crippen molar-refractivity contribution in [1.82, 2.24) is 20.3 Å². The Bertz CT molecular complexity index is 731. The topological polar surface area (TPSA) is 75.0 Å². The van der Waals surface area contributed by atoms with E-state index in [1.807, 2.05) is 0 Å². The van der Waals surface area contributed by atoms with E-state index in [0.29, 0.717) is 48.6 Å². The SMILES string of the molecule is Cc1noc(C)c1C(=O)N1CCCC(c2cc(C(F)(F)F)n[nH]2)C1. The van der Waals surface area contributed by atoms with Gasteiger partial charge in [0.25, 0.3) is 5.91 Å². The van der Waals surface area contributed by atoms with E-state index in [2.05, 4.69) is 15.4 Å². The van der Waals surface area contributed by atoms with Crippen molar-refractivity contribution in [1.29, 1.82) is 0 Å². The van der Waals surface area contributed by atoms with Crippen LogP contribution in [0.4, 0.5) is 13.2 Å². The number of amides is 1. The van der Waals surface area contributed by atoms with Crippen molar-refractivity contribution in [2.24, 2.45) is 0 Å². The predicted octanol–water partition coefficient (Wildman–Crippen LogP) is 3.05. The number of aromatic nitrogens is 3. The van der Waals surface area contributed by atoms with E-state index in [1.165, 1.54) is 0 Å². The fourth-order valence-electron chi connectivity index (χ4n) is 3.05. The van der Waals surface area contributed by atoms with E-state index in [9.17, 15) is 18.0 Å². The maximum Gasteiger partial charge on any atom is 0.435 e. The van der Waals surface area contributed by atoms with E-state index < -0.39 is 11.9 Å². The fraction of sp³-hybridized carbons (Fsp3) is 0.533. The molecule has 1 unspecified atom stereocenters. The lowest BCUT2D eigenvalue weighted by Gasteiger charge is -2.32. The maximum atomic E-state index is 12.7. The highest BCUT2D eigenvalue weighted by Crippen LogP contribution is 2.32. The number of aromatic amines is 1. The molecule has 0 bridgehead atoms. The number of rotatable bonds is 2. The Morgan fingerprint density at radius 2 is 2.17 bits per heavy atom. The molecule has 1 N–H and O–H groups in total. The van der Waals surface area contributed by atoms with Gasteiger partial charge in [-0.05, 0) is 32.8 Å². The van der Waals surface area contributed by atoms with Crippen molar-refractivity contribution in [3.8, 4) is 0 Å². The number of nitrogens with one attached hydrogen (secondary N) is 1. The molecule has 130 valence electrons. The molecule has 0 saturated carbocycles. The Balaban J connectivity index is 1.77. The summed E-state index contributed by atoms with van der Waals surface area (Å²) in [5, 5.41) is 9.57. The highest BCUT2D eigenvalue weighted by Gasteiger charge is 2.36. The maximum absolute atomic E-state index is 12.7. The Hall–Kier alpha value is -2.32. The number of piperidine rings is 1. The van der Waals surface area contributed by atoms with Crippen molar-refractivity contribution in [3.63, 3.8) is 0 Å². The van der Waals surface area contributed by atoms with Gasteiger partial charge in [0.1, 0.15) is 11.3 Å². The fourth-order valence-corrected chi connectivity index (χ4v) is 3.05. The van der Waals surface area contributed by atoms with Gasteiger partial charge in [-0.2, -0.15) is 18.3 Å². The van der Waals surface area contributed by atoms with Crippen LogP contribution in [0.1, 0.15) is 52.0 Å². The largest absolute Gasteiger partial charge is 0.435 e. The van der Waals surface area contributed by atoms with Gasteiger partial charge in [-0.15, -0.1) is 0 Å². The van der Waals surface area contributed by atoms with Crippen LogP contribution in [0.3, 0.4) is 0 Å². The summed E-state index contributed by atoms with van der Waals surface area (Å²) in [6.45, 7) is 4.25. The van der Waals surface area contributed by atoms with Crippen LogP contribution in [0.2, 0.25) is 0 Å². The molecule has 2 aromatic heterocycles. The standard InChI is InChI=1S/C15H17F3N4O2/c1-8-13(9(2)24-21-8)14(23)22-5-3-4-10(7-22)11-6-12(20-19-11)15(16,17)18/h6,10H,3-5,7H2,1-2H3,(H,19,20). The quantitative estimate of drug-likeness (QED) is 0.910. The third-order valence-electron chi connectivity index (χ3n) is 4.28. The second kappa shape index (κ2) is 5.95. The molecule has 9 heteroatoms. The van der Waals surface area contributed by atoms with Crippen molar-refractivity contribution in [3.05, 3.63) is 34.5 Å². The molecule has 1 amide bonds. The molecular formula is C15H17F3N4O2. The number of aryl methyl sites for hydroxylation is 2. The smallest absolute Gasteiger partial charge is 0.361 e. The third kappa shape index (κ3) is 3.02. The molecule has 2 aromatic rings. The van der Waals surface area contributed by atoms with Crippen LogP contribution in [-0.4, -0.2) is 39.3 Å². The van der Waals surface area contributed by atoms with Gasteiger partial charge in [0, 0.05) is 24.7 Å². The van der Waals surface area contributed by atoms with Crippen LogP contribution in [0.15, 0.2) is 10.6 Å². The number of alkyl halides is 3. The van der Waals surface area contributed by atoms with E-state index >= 15 is 0 Å².